The van der Waals surface area contributed by atoms with E-state index in [1.54, 1.807) is 6.07 Å². The molecule has 1 heterocycles. The minimum absolute atomic E-state index is 0.389. The molecular weight excluding hydrogens is 298 g/mol. The average molecular weight is 327 g/mol. The van der Waals surface area contributed by atoms with Gasteiger partial charge in [0.15, 0.2) is 0 Å². The molecule has 1 aliphatic carbocycles. The Morgan fingerprint density at radius 1 is 1.17 bits per heavy atom. The van der Waals surface area contributed by atoms with Crippen LogP contribution in [0.2, 0.25) is 0 Å². The van der Waals surface area contributed by atoms with Crippen LogP contribution in [0.1, 0.15) is 63.1 Å². The Balaban J connectivity index is 1.77. The van der Waals surface area contributed by atoms with Crippen LogP contribution in [0.5, 0.6) is 5.75 Å². The maximum absolute atomic E-state index is 10.2. The van der Waals surface area contributed by atoms with E-state index < -0.39 is 0 Å². The molecule has 1 N–H and O–H groups in total. The van der Waals surface area contributed by atoms with E-state index in [0.29, 0.717) is 17.8 Å². The molecule has 3 rings (SSSR count). The van der Waals surface area contributed by atoms with Crippen molar-refractivity contribution in [2.75, 3.05) is 0 Å². The number of nitrogens with zero attached hydrogens (tertiary/aromatic N) is 3. The van der Waals surface area contributed by atoms with Gasteiger partial charge in [0, 0.05) is 42.5 Å². The highest BCUT2D eigenvalue weighted by molar-refractivity contribution is 5.31. The van der Waals surface area contributed by atoms with Crippen molar-refractivity contribution in [3.8, 4) is 5.75 Å². The van der Waals surface area contributed by atoms with Gasteiger partial charge in [0.25, 0.3) is 0 Å². The summed E-state index contributed by atoms with van der Waals surface area (Å²) in [6.45, 7) is 5.99. The van der Waals surface area contributed by atoms with E-state index in [9.17, 15) is 5.11 Å². The Morgan fingerprint density at radius 3 is 2.58 bits per heavy atom. The highest BCUT2D eigenvalue weighted by Gasteiger charge is 2.22. The molecule has 0 saturated heterocycles. The Bertz CT molecular complexity index is 644. The fraction of sp³-hybridized carbons (Fsp3) is 0.550. The molecule has 0 bridgehead atoms. The molecule has 1 saturated carbocycles. The standard InChI is InChI=1S/C20H29N3O/c1-16(2)23-14-17(12-21-23)13-22(19-9-4-3-5-10-19)15-18-8-6-7-11-20(18)24/h6-8,11-12,14,16,19,24H,3-5,9-10,13,15H2,1-2H3. The van der Waals surface area contributed by atoms with Crippen LogP contribution in [0.25, 0.3) is 0 Å². The molecular formula is C20H29N3O. The first-order valence-electron chi connectivity index (χ1n) is 9.17. The SMILES string of the molecule is CC(C)n1cc(CN(Cc2ccccc2O)C2CCCCC2)cn1. The summed E-state index contributed by atoms with van der Waals surface area (Å²) in [5.41, 5.74) is 2.27. The summed E-state index contributed by atoms with van der Waals surface area (Å²) in [6.07, 6.45) is 10.6. The Kier molecular flexibility index (Phi) is 5.56. The maximum Gasteiger partial charge on any atom is 0.120 e. The Labute approximate surface area is 145 Å². The van der Waals surface area contributed by atoms with Crippen LogP contribution in [0.3, 0.4) is 0 Å². The molecule has 1 aromatic heterocycles. The van der Waals surface area contributed by atoms with Crippen LogP contribution in [0.4, 0.5) is 0 Å². The molecule has 0 aliphatic heterocycles. The fourth-order valence-corrected chi connectivity index (χ4v) is 3.60. The molecule has 4 nitrogen and oxygen atoms in total. The molecule has 2 aromatic rings. The highest BCUT2D eigenvalue weighted by atomic mass is 16.3. The summed E-state index contributed by atoms with van der Waals surface area (Å²) < 4.78 is 2.02. The molecule has 0 amide bonds. The molecule has 1 fully saturated rings. The van der Waals surface area contributed by atoms with Gasteiger partial charge < -0.3 is 5.11 Å². The van der Waals surface area contributed by atoms with E-state index >= 15 is 0 Å². The summed E-state index contributed by atoms with van der Waals surface area (Å²) in [6, 6.07) is 8.69. The lowest BCUT2D eigenvalue weighted by Crippen LogP contribution is -2.35. The minimum atomic E-state index is 0.389. The second kappa shape index (κ2) is 7.84. The van der Waals surface area contributed by atoms with Gasteiger partial charge in [-0.2, -0.15) is 5.10 Å². The first kappa shape index (κ1) is 17.0. The number of aromatic nitrogens is 2. The molecule has 0 atom stereocenters. The second-order valence-corrected chi connectivity index (χ2v) is 7.25. The van der Waals surface area contributed by atoms with E-state index in [-0.39, 0.29) is 0 Å². The molecule has 24 heavy (non-hydrogen) atoms. The van der Waals surface area contributed by atoms with Gasteiger partial charge in [-0.15, -0.1) is 0 Å². The normalized spacial score (nSPS) is 16.2. The number of hydrogen-bond donors (Lipinski definition) is 1. The van der Waals surface area contributed by atoms with E-state index in [1.807, 2.05) is 29.1 Å². The Hall–Kier alpha value is -1.81. The number of aromatic hydroxyl groups is 1. The fourth-order valence-electron chi connectivity index (χ4n) is 3.60. The van der Waals surface area contributed by atoms with Crippen molar-refractivity contribution in [3.05, 3.63) is 47.8 Å². The summed E-state index contributed by atoms with van der Waals surface area (Å²) >= 11 is 0. The largest absolute Gasteiger partial charge is 0.508 e. The molecule has 0 spiro atoms. The second-order valence-electron chi connectivity index (χ2n) is 7.25. The van der Waals surface area contributed by atoms with Gasteiger partial charge in [0.05, 0.1) is 6.20 Å². The summed E-state index contributed by atoms with van der Waals surface area (Å²) in [5.74, 6) is 0.399. The maximum atomic E-state index is 10.2. The third kappa shape index (κ3) is 4.18. The van der Waals surface area contributed by atoms with Crippen LogP contribution in [-0.2, 0) is 13.1 Å². The van der Waals surface area contributed by atoms with Gasteiger partial charge in [-0.1, -0.05) is 37.5 Å². The van der Waals surface area contributed by atoms with Gasteiger partial charge in [-0.25, -0.2) is 0 Å². The quantitative estimate of drug-likeness (QED) is 0.849. The van der Waals surface area contributed by atoms with Crippen molar-refractivity contribution < 1.29 is 5.11 Å². The smallest absolute Gasteiger partial charge is 0.120 e. The summed E-state index contributed by atoms with van der Waals surface area (Å²) in [4.78, 5) is 2.52. The van der Waals surface area contributed by atoms with Crippen LogP contribution in [0, 0.1) is 0 Å². The lowest BCUT2D eigenvalue weighted by molar-refractivity contribution is 0.138. The van der Waals surface area contributed by atoms with Crippen molar-refractivity contribution in [2.45, 2.75) is 71.1 Å². The number of phenols is 1. The number of benzene rings is 1. The van der Waals surface area contributed by atoms with Gasteiger partial charge in [0.2, 0.25) is 0 Å². The van der Waals surface area contributed by atoms with Gasteiger partial charge in [0.1, 0.15) is 5.75 Å². The number of phenolic OH excluding ortho intramolecular Hbond substituents is 1. The Morgan fingerprint density at radius 2 is 1.92 bits per heavy atom. The van der Waals surface area contributed by atoms with Crippen LogP contribution in [-0.4, -0.2) is 25.8 Å². The first-order chi connectivity index (χ1) is 11.6. The third-order valence-corrected chi connectivity index (χ3v) is 5.03. The molecule has 1 aliphatic rings. The van der Waals surface area contributed by atoms with E-state index in [1.165, 1.54) is 37.7 Å². The minimum Gasteiger partial charge on any atom is -0.508 e. The number of para-hydroxylation sites is 1. The van der Waals surface area contributed by atoms with Crippen molar-refractivity contribution >= 4 is 0 Å². The zero-order valence-corrected chi connectivity index (χ0v) is 14.9. The number of hydrogen-bond acceptors (Lipinski definition) is 3. The lowest BCUT2D eigenvalue weighted by atomic mass is 9.93. The molecule has 0 unspecified atom stereocenters. The lowest BCUT2D eigenvalue weighted by Gasteiger charge is -2.34. The number of rotatable bonds is 6. The van der Waals surface area contributed by atoms with E-state index in [0.717, 1.165) is 18.7 Å². The van der Waals surface area contributed by atoms with Gasteiger partial charge in [-0.3, -0.25) is 9.58 Å². The molecule has 0 radical (unpaired) electrons. The topological polar surface area (TPSA) is 41.3 Å². The van der Waals surface area contributed by atoms with Crippen molar-refractivity contribution in [3.63, 3.8) is 0 Å². The molecule has 130 valence electrons. The van der Waals surface area contributed by atoms with Crippen molar-refractivity contribution in [1.82, 2.24) is 14.7 Å². The highest BCUT2D eigenvalue weighted by Crippen LogP contribution is 2.27. The monoisotopic (exact) mass is 327 g/mol. The zero-order valence-electron chi connectivity index (χ0n) is 14.9. The van der Waals surface area contributed by atoms with Crippen LogP contribution >= 0.6 is 0 Å². The average Bonchev–Trinajstić information content (AvgIpc) is 3.06. The van der Waals surface area contributed by atoms with E-state index in [2.05, 4.69) is 30.0 Å². The first-order valence-corrected chi connectivity index (χ1v) is 9.17. The van der Waals surface area contributed by atoms with Crippen LogP contribution in [0.15, 0.2) is 36.7 Å². The van der Waals surface area contributed by atoms with E-state index in [4.69, 9.17) is 0 Å². The van der Waals surface area contributed by atoms with Crippen molar-refractivity contribution in [2.24, 2.45) is 0 Å². The predicted molar refractivity (Wildman–Crippen MR) is 96.8 cm³/mol. The summed E-state index contributed by atoms with van der Waals surface area (Å²) in [5, 5.41) is 14.6. The van der Waals surface area contributed by atoms with Gasteiger partial charge >= 0.3 is 0 Å². The zero-order chi connectivity index (χ0) is 16.9. The van der Waals surface area contributed by atoms with Crippen LogP contribution < -0.4 is 0 Å². The molecule has 1 aromatic carbocycles. The molecule has 4 heteroatoms. The van der Waals surface area contributed by atoms with Crippen molar-refractivity contribution in [1.29, 1.82) is 0 Å². The van der Waals surface area contributed by atoms with Gasteiger partial charge in [-0.05, 0) is 32.8 Å². The predicted octanol–water partition coefficient (Wildman–Crippen LogP) is 4.50. The summed E-state index contributed by atoms with van der Waals surface area (Å²) in [7, 11) is 0. The third-order valence-electron chi connectivity index (χ3n) is 5.03.